The molecule has 3 rings (SSSR count). The average Bonchev–Trinajstić information content (AvgIpc) is 3.32. The van der Waals surface area contributed by atoms with Gasteiger partial charge < -0.3 is 14.5 Å². The van der Waals surface area contributed by atoms with Crippen LogP contribution < -0.4 is 5.32 Å². The predicted octanol–water partition coefficient (Wildman–Crippen LogP) is 2.87. The van der Waals surface area contributed by atoms with Gasteiger partial charge in [-0.1, -0.05) is 24.3 Å². The van der Waals surface area contributed by atoms with E-state index in [1.165, 1.54) is 6.07 Å². The van der Waals surface area contributed by atoms with Crippen LogP contribution in [0, 0.1) is 6.92 Å². The molecule has 1 amide bonds. The molecule has 1 N–H and O–H groups in total. The molecular formula is C20H21N3O4. The molecule has 0 fully saturated rings. The molecule has 2 heterocycles. The van der Waals surface area contributed by atoms with Gasteiger partial charge >= 0.3 is 5.97 Å². The largest absolute Gasteiger partial charge is 0.452 e. The fraction of sp³-hybridized carbons (Fsp3) is 0.250. The van der Waals surface area contributed by atoms with Crippen molar-refractivity contribution >= 4 is 11.9 Å². The lowest BCUT2D eigenvalue weighted by molar-refractivity contribution is -0.124. The maximum absolute atomic E-state index is 12.1. The summed E-state index contributed by atoms with van der Waals surface area (Å²) in [5.41, 5.74) is 2.11. The Morgan fingerprint density at radius 2 is 2.04 bits per heavy atom. The van der Waals surface area contributed by atoms with Gasteiger partial charge in [0.1, 0.15) is 5.76 Å². The Morgan fingerprint density at radius 3 is 2.78 bits per heavy atom. The topological polar surface area (TPSA) is 86.4 Å². The summed E-state index contributed by atoms with van der Waals surface area (Å²) >= 11 is 0. The molecule has 1 atom stereocenters. The van der Waals surface area contributed by atoms with Crippen LogP contribution in [0.1, 0.15) is 40.4 Å². The standard InChI is InChI=1S/C20H21N3O4/c1-14-6-3-4-7-17(14)15(2)22-19(24)13-26-20(25)18-9-8-16(27-18)12-23-11-5-10-21-23/h3-11,15H,12-13H2,1-2H3,(H,22,24)/t15-/m0/s1. The Morgan fingerprint density at radius 1 is 1.22 bits per heavy atom. The van der Waals surface area contributed by atoms with Gasteiger partial charge in [0, 0.05) is 12.4 Å². The Hall–Kier alpha value is -3.35. The van der Waals surface area contributed by atoms with E-state index in [4.69, 9.17) is 9.15 Å². The summed E-state index contributed by atoms with van der Waals surface area (Å²) < 4.78 is 12.2. The molecule has 2 aromatic heterocycles. The van der Waals surface area contributed by atoms with Crippen LogP contribution in [-0.4, -0.2) is 28.3 Å². The van der Waals surface area contributed by atoms with Crippen molar-refractivity contribution in [3.63, 3.8) is 0 Å². The zero-order chi connectivity index (χ0) is 19.2. The quantitative estimate of drug-likeness (QED) is 0.649. The zero-order valence-electron chi connectivity index (χ0n) is 15.2. The lowest BCUT2D eigenvalue weighted by atomic mass is 10.0. The maximum atomic E-state index is 12.1. The number of carbonyl (C=O) groups is 2. The molecule has 3 aromatic rings. The number of aromatic nitrogens is 2. The summed E-state index contributed by atoms with van der Waals surface area (Å²) in [5.74, 6) is -0.428. The lowest BCUT2D eigenvalue weighted by Crippen LogP contribution is -2.31. The number of furan rings is 1. The fourth-order valence-corrected chi connectivity index (χ4v) is 2.76. The van der Waals surface area contributed by atoms with E-state index >= 15 is 0 Å². The third-order valence-corrected chi connectivity index (χ3v) is 4.11. The summed E-state index contributed by atoms with van der Waals surface area (Å²) in [4.78, 5) is 24.1. The number of nitrogens with zero attached hydrogens (tertiary/aromatic N) is 2. The highest BCUT2D eigenvalue weighted by Gasteiger charge is 2.16. The Bertz CT molecular complexity index is 915. The van der Waals surface area contributed by atoms with Crippen molar-refractivity contribution < 1.29 is 18.7 Å². The molecule has 7 nitrogen and oxygen atoms in total. The number of hydrogen-bond donors (Lipinski definition) is 1. The van der Waals surface area contributed by atoms with Crippen LogP contribution in [0.25, 0.3) is 0 Å². The second-order valence-electron chi connectivity index (χ2n) is 6.19. The first-order valence-corrected chi connectivity index (χ1v) is 8.61. The molecule has 7 heteroatoms. The van der Waals surface area contributed by atoms with E-state index in [1.54, 1.807) is 29.2 Å². The van der Waals surface area contributed by atoms with Gasteiger partial charge in [0.25, 0.3) is 5.91 Å². The minimum Gasteiger partial charge on any atom is -0.452 e. The highest BCUT2D eigenvalue weighted by molar-refractivity contribution is 5.88. The molecular weight excluding hydrogens is 346 g/mol. The van der Waals surface area contributed by atoms with Crippen molar-refractivity contribution in [2.24, 2.45) is 0 Å². The van der Waals surface area contributed by atoms with Crippen molar-refractivity contribution in [3.8, 4) is 0 Å². The summed E-state index contributed by atoms with van der Waals surface area (Å²) in [5, 5.41) is 6.89. The minimum atomic E-state index is -0.680. The van der Waals surface area contributed by atoms with E-state index in [2.05, 4.69) is 10.4 Å². The zero-order valence-corrected chi connectivity index (χ0v) is 15.2. The van der Waals surface area contributed by atoms with Gasteiger partial charge in [-0.15, -0.1) is 0 Å². The van der Waals surface area contributed by atoms with Crippen LogP contribution in [0.2, 0.25) is 0 Å². The molecule has 0 aliphatic carbocycles. The number of aryl methyl sites for hydroxylation is 1. The van der Waals surface area contributed by atoms with E-state index in [0.29, 0.717) is 12.3 Å². The van der Waals surface area contributed by atoms with E-state index in [9.17, 15) is 9.59 Å². The maximum Gasteiger partial charge on any atom is 0.374 e. The highest BCUT2D eigenvalue weighted by Crippen LogP contribution is 2.16. The van der Waals surface area contributed by atoms with E-state index in [1.807, 2.05) is 38.1 Å². The van der Waals surface area contributed by atoms with Gasteiger partial charge in [-0.25, -0.2) is 4.79 Å². The van der Waals surface area contributed by atoms with Gasteiger partial charge in [0.2, 0.25) is 5.76 Å². The molecule has 0 aliphatic heterocycles. The molecule has 1 aromatic carbocycles. The monoisotopic (exact) mass is 367 g/mol. The van der Waals surface area contributed by atoms with Crippen molar-refractivity contribution in [3.05, 3.63) is 77.5 Å². The molecule has 0 saturated heterocycles. The summed E-state index contributed by atoms with van der Waals surface area (Å²) in [6.45, 7) is 3.91. The summed E-state index contributed by atoms with van der Waals surface area (Å²) in [7, 11) is 0. The van der Waals surface area contributed by atoms with E-state index < -0.39 is 5.97 Å². The van der Waals surface area contributed by atoms with Gasteiger partial charge in [0.05, 0.1) is 12.6 Å². The Balaban J connectivity index is 1.49. The van der Waals surface area contributed by atoms with Crippen molar-refractivity contribution in [2.45, 2.75) is 26.4 Å². The van der Waals surface area contributed by atoms with Gasteiger partial charge in [-0.2, -0.15) is 5.10 Å². The van der Waals surface area contributed by atoms with E-state index in [0.717, 1.165) is 11.1 Å². The number of ether oxygens (including phenoxy) is 1. The second-order valence-corrected chi connectivity index (χ2v) is 6.19. The average molecular weight is 367 g/mol. The molecule has 0 saturated carbocycles. The van der Waals surface area contributed by atoms with Crippen LogP contribution in [-0.2, 0) is 16.1 Å². The second kappa shape index (κ2) is 8.35. The SMILES string of the molecule is Cc1ccccc1[C@H](C)NC(=O)COC(=O)c1ccc(Cn2cccn2)o1. The smallest absolute Gasteiger partial charge is 0.374 e. The summed E-state index contributed by atoms with van der Waals surface area (Å²) in [6.07, 6.45) is 3.45. The predicted molar refractivity (Wildman–Crippen MR) is 98.1 cm³/mol. The van der Waals surface area contributed by atoms with Crippen LogP contribution in [0.15, 0.2) is 59.3 Å². The van der Waals surface area contributed by atoms with Gasteiger partial charge in [-0.05, 0) is 43.2 Å². The number of nitrogens with one attached hydrogen (secondary N) is 1. The molecule has 27 heavy (non-hydrogen) atoms. The number of carbonyl (C=O) groups excluding carboxylic acids is 2. The first kappa shape index (κ1) is 18.4. The van der Waals surface area contributed by atoms with Crippen LogP contribution in [0.3, 0.4) is 0 Å². The molecule has 0 bridgehead atoms. The van der Waals surface area contributed by atoms with Crippen LogP contribution in [0.5, 0.6) is 0 Å². The number of rotatable bonds is 7. The summed E-state index contributed by atoms with van der Waals surface area (Å²) in [6, 6.07) is 12.6. The number of amides is 1. The highest BCUT2D eigenvalue weighted by atomic mass is 16.5. The molecule has 0 radical (unpaired) electrons. The molecule has 0 unspecified atom stereocenters. The van der Waals surface area contributed by atoms with Gasteiger partial charge in [-0.3, -0.25) is 9.48 Å². The molecule has 0 spiro atoms. The van der Waals surface area contributed by atoms with Crippen molar-refractivity contribution in [2.75, 3.05) is 6.61 Å². The number of hydrogen-bond acceptors (Lipinski definition) is 5. The number of benzene rings is 1. The lowest BCUT2D eigenvalue weighted by Gasteiger charge is -2.16. The van der Waals surface area contributed by atoms with Crippen LogP contribution in [0.4, 0.5) is 0 Å². The Kier molecular flexibility index (Phi) is 5.71. The van der Waals surface area contributed by atoms with Crippen molar-refractivity contribution in [1.82, 2.24) is 15.1 Å². The normalized spacial score (nSPS) is 11.8. The number of esters is 1. The van der Waals surface area contributed by atoms with E-state index in [-0.39, 0.29) is 24.3 Å². The Labute approximate surface area is 156 Å². The molecule has 0 aliphatic rings. The first-order valence-electron chi connectivity index (χ1n) is 8.61. The fourth-order valence-electron chi connectivity index (χ4n) is 2.76. The third kappa shape index (κ3) is 4.84. The third-order valence-electron chi connectivity index (χ3n) is 4.11. The van der Waals surface area contributed by atoms with Crippen LogP contribution >= 0.6 is 0 Å². The first-order chi connectivity index (χ1) is 13.0. The molecule has 140 valence electrons. The van der Waals surface area contributed by atoms with Gasteiger partial charge in [0.15, 0.2) is 6.61 Å². The van der Waals surface area contributed by atoms with Crippen molar-refractivity contribution in [1.29, 1.82) is 0 Å². The minimum absolute atomic E-state index is 0.0527.